The molecule has 0 radical (unpaired) electrons. The summed E-state index contributed by atoms with van der Waals surface area (Å²) in [5, 5.41) is 0. The van der Waals surface area contributed by atoms with E-state index < -0.39 is 6.37 Å². The van der Waals surface area contributed by atoms with E-state index in [0.717, 1.165) is 22.3 Å². The van der Waals surface area contributed by atoms with Gasteiger partial charge in [0.25, 0.3) is 0 Å². The number of halogens is 1. The SMILES string of the molecule is [2H]C([2H])(CC(C)=O)Cc1ccc(C)cc1-c1cccc(F)c1. The van der Waals surface area contributed by atoms with Gasteiger partial charge >= 0.3 is 0 Å². The number of rotatable bonds is 5. The molecule has 2 aromatic rings. The first kappa shape index (κ1) is 11.8. The molecule has 1 nitrogen and oxygen atoms in total. The number of hydrogen-bond donors (Lipinski definition) is 0. The Morgan fingerprint density at radius 2 is 2.05 bits per heavy atom. The third-order valence-corrected chi connectivity index (χ3v) is 3.09. The molecule has 0 amide bonds. The topological polar surface area (TPSA) is 17.1 Å². The van der Waals surface area contributed by atoms with Crippen molar-refractivity contribution >= 4 is 5.78 Å². The van der Waals surface area contributed by atoms with Crippen LogP contribution in [-0.2, 0) is 11.2 Å². The lowest BCUT2D eigenvalue weighted by atomic mass is 9.94. The van der Waals surface area contributed by atoms with Crippen molar-refractivity contribution in [3.8, 4) is 11.1 Å². The molecule has 2 aromatic carbocycles. The van der Waals surface area contributed by atoms with Crippen LogP contribution in [0.2, 0.25) is 0 Å². The first-order valence-electron chi connectivity index (χ1n) is 7.62. The van der Waals surface area contributed by atoms with Gasteiger partial charge in [0.2, 0.25) is 0 Å². The van der Waals surface area contributed by atoms with E-state index in [2.05, 4.69) is 0 Å². The zero-order chi connectivity index (χ0) is 16.3. The maximum absolute atomic E-state index is 13.5. The molecule has 0 saturated carbocycles. The maximum Gasteiger partial charge on any atom is 0.129 e. The summed E-state index contributed by atoms with van der Waals surface area (Å²) >= 11 is 0. The third-order valence-electron chi connectivity index (χ3n) is 3.09. The van der Waals surface area contributed by atoms with E-state index in [4.69, 9.17) is 2.74 Å². The smallest absolute Gasteiger partial charge is 0.129 e. The van der Waals surface area contributed by atoms with Gasteiger partial charge in [-0.25, -0.2) is 4.39 Å². The van der Waals surface area contributed by atoms with Gasteiger partial charge in [0.15, 0.2) is 0 Å². The third kappa shape index (κ3) is 3.77. The van der Waals surface area contributed by atoms with Gasteiger partial charge in [-0.2, -0.15) is 0 Å². The molecule has 0 N–H and O–H groups in total. The Labute approximate surface area is 122 Å². The molecule has 0 bridgehead atoms. The van der Waals surface area contributed by atoms with Gasteiger partial charge in [0, 0.05) is 9.16 Å². The van der Waals surface area contributed by atoms with E-state index >= 15 is 0 Å². The Bertz CT molecular complexity index is 695. The fourth-order valence-electron chi connectivity index (χ4n) is 2.14. The summed E-state index contributed by atoms with van der Waals surface area (Å²) in [5.74, 6) is -0.499. The van der Waals surface area contributed by atoms with Crippen LogP contribution in [0.4, 0.5) is 4.39 Å². The molecular weight excluding hydrogens is 251 g/mol. The van der Waals surface area contributed by atoms with Crippen molar-refractivity contribution in [1.82, 2.24) is 0 Å². The number of carbonyl (C=O) groups excluding carboxylic acids is 1. The minimum Gasteiger partial charge on any atom is -0.300 e. The van der Waals surface area contributed by atoms with Gasteiger partial charge in [0.1, 0.15) is 11.6 Å². The summed E-state index contributed by atoms with van der Waals surface area (Å²) in [4.78, 5) is 11.2. The number of aryl methyl sites for hydroxylation is 2. The Morgan fingerprint density at radius 1 is 1.25 bits per heavy atom. The lowest BCUT2D eigenvalue weighted by Crippen LogP contribution is -1.95. The molecule has 0 aliphatic heterocycles. The van der Waals surface area contributed by atoms with Crippen molar-refractivity contribution in [2.45, 2.75) is 33.1 Å². The van der Waals surface area contributed by atoms with Crippen LogP contribution in [0.1, 0.15) is 33.6 Å². The van der Waals surface area contributed by atoms with E-state index in [-0.39, 0.29) is 24.4 Å². The Morgan fingerprint density at radius 3 is 2.75 bits per heavy atom. The summed E-state index contributed by atoms with van der Waals surface area (Å²) < 4.78 is 29.5. The second kappa shape index (κ2) is 6.47. The Balaban J connectivity index is 2.42. The quantitative estimate of drug-likeness (QED) is 0.770. The van der Waals surface area contributed by atoms with Gasteiger partial charge in [-0.1, -0.05) is 35.9 Å². The van der Waals surface area contributed by atoms with E-state index in [1.54, 1.807) is 6.07 Å². The molecule has 2 rings (SSSR count). The highest BCUT2D eigenvalue weighted by Gasteiger charge is 2.07. The summed E-state index contributed by atoms with van der Waals surface area (Å²) in [6.07, 6.45) is -1.61. The minimum atomic E-state index is -1.61. The number of benzene rings is 2. The van der Waals surface area contributed by atoms with E-state index in [9.17, 15) is 9.18 Å². The molecule has 0 spiro atoms. The second-order valence-electron chi connectivity index (χ2n) is 4.98. The molecule has 0 unspecified atom stereocenters. The number of carbonyl (C=O) groups is 1. The van der Waals surface area contributed by atoms with Crippen LogP contribution in [0.3, 0.4) is 0 Å². The van der Waals surface area contributed by atoms with Crippen LogP contribution in [0.5, 0.6) is 0 Å². The van der Waals surface area contributed by atoms with Crippen LogP contribution >= 0.6 is 0 Å². The predicted molar refractivity (Wildman–Crippen MR) is 80.2 cm³/mol. The summed E-state index contributed by atoms with van der Waals surface area (Å²) in [6, 6.07) is 12.0. The van der Waals surface area contributed by atoms with Crippen molar-refractivity contribution in [2.75, 3.05) is 0 Å². The highest BCUT2D eigenvalue weighted by Crippen LogP contribution is 2.27. The van der Waals surface area contributed by atoms with Gasteiger partial charge in [-0.05, 0) is 55.5 Å². The fraction of sp³-hybridized carbons (Fsp3) is 0.278. The molecule has 2 heteroatoms. The van der Waals surface area contributed by atoms with E-state index in [1.165, 1.54) is 19.1 Å². The lowest BCUT2D eigenvalue weighted by molar-refractivity contribution is -0.117. The van der Waals surface area contributed by atoms with Crippen LogP contribution in [0, 0.1) is 12.7 Å². The first-order chi connectivity index (χ1) is 10.3. The molecule has 0 atom stereocenters. The summed E-state index contributed by atoms with van der Waals surface area (Å²) in [6.45, 7) is 3.33. The molecule has 0 saturated heterocycles. The standard InChI is InChI=1S/C18H19FO/c1-13-9-10-15(6-3-5-14(2)20)18(11-13)16-7-4-8-17(19)12-16/h4,7-12H,3,5-6H2,1-2H3/i3D2. The highest BCUT2D eigenvalue weighted by atomic mass is 19.1. The largest absolute Gasteiger partial charge is 0.300 e. The van der Waals surface area contributed by atoms with Crippen molar-refractivity contribution < 1.29 is 11.9 Å². The molecule has 0 aromatic heterocycles. The molecular formula is C18H19FO. The van der Waals surface area contributed by atoms with E-state index in [0.29, 0.717) is 0 Å². The zero-order valence-corrected chi connectivity index (χ0v) is 11.7. The fourth-order valence-corrected chi connectivity index (χ4v) is 2.14. The molecule has 0 aliphatic rings. The molecule has 20 heavy (non-hydrogen) atoms. The van der Waals surface area contributed by atoms with Crippen LogP contribution in [0.25, 0.3) is 11.1 Å². The Kier molecular flexibility index (Phi) is 3.83. The molecule has 104 valence electrons. The van der Waals surface area contributed by atoms with Gasteiger partial charge in [0.05, 0.1) is 0 Å². The van der Waals surface area contributed by atoms with Crippen molar-refractivity contribution in [1.29, 1.82) is 0 Å². The second-order valence-corrected chi connectivity index (χ2v) is 4.98. The summed E-state index contributed by atoms with van der Waals surface area (Å²) in [5.41, 5.74) is 3.34. The van der Waals surface area contributed by atoms with Crippen molar-refractivity contribution in [2.24, 2.45) is 0 Å². The first-order valence-corrected chi connectivity index (χ1v) is 6.62. The molecule has 0 fully saturated rings. The predicted octanol–water partition coefficient (Wildman–Crippen LogP) is 4.71. The number of Topliss-reactive ketones (excluding diaryl/α,β-unsaturated/α-hetero) is 1. The van der Waals surface area contributed by atoms with Gasteiger partial charge in [-0.15, -0.1) is 0 Å². The van der Waals surface area contributed by atoms with Crippen molar-refractivity contribution in [3.05, 3.63) is 59.4 Å². The number of ketones is 1. The average Bonchev–Trinajstić information content (AvgIpc) is 2.39. The maximum atomic E-state index is 13.5. The van der Waals surface area contributed by atoms with E-state index in [1.807, 2.05) is 31.2 Å². The van der Waals surface area contributed by atoms with Crippen LogP contribution in [-0.4, -0.2) is 5.78 Å². The minimum absolute atomic E-state index is 0.122. The molecule has 0 heterocycles. The monoisotopic (exact) mass is 272 g/mol. The van der Waals surface area contributed by atoms with Crippen LogP contribution in [0.15, 0.2) is 42.5 Å². The van der Waals surface area contributed by atoms with Crippen molar-refractivity contribution in [3.63, 3.8) is 0 Å². The lowest BCUT2D eigenvalue weighted by Gasteiger charge is -2.11. The zero-order valence-electron chi connectivity index (χ0n) is 13.7. The van der Waals surface area contributed by atoms with Crippen LogP contribution < -0.4 is 0 Å². The highest BCUT2D eigenvalue weighted by molar-refractivity contribution is 5.75. The normalized spacial score (nSPS) is 12.8. The number of hydrogen-bond acceptors (Lipinski definition) is 1. The summed E-state index contributed by atoms with van der Waals surface area (Å²) in [7, 11) is 0. The van der Waals surface area contributed by atoms with Gasteiger partial charge in [-0.3, -0.25) is 0 Å². The van der Waals surface area contributed by atoms with Gasteiger partial charge < -0.3 is 4.79 Å². The Hall–Kier alpha value is -1.96. The molecule has 0 aliphatic carbocycles. The average molecular weight is 272 g/mol.